The molecule has 5 rings (SSSR count). The SMILES string of the molecule is COc1cc(I)c(Nc2c(-c3ccc4nccnc4c3)c(C)nn2-c2ccccc2Cl)c(C(=O)O)c1. The normalized spacial score (nSPS) is 11.0. The number of nitrogens with zero attached hydrogens (tertiary/aromatic N) is 4. The number of halogens is 2. The highest BCUT2D eigenvalue weighted by Gasteiger charge is 2.24. The number of para-hydroxylation sites is 1. The third-order valence-corrected chi connectivity index (χ3v) is 6.84. The quantitative estimate of drug-likeness (QED) is 0.211. The number of benzene rings is 3. The van der Waals surface area contributed by atoms with Crippen LogP contribution in [0.4, 0.5) is 11.5 Å². The van der Waals surface area contributed by atoms with Crippen LogP contribution in [-0.2, 0) is 0 Å². The zero-order valence-electron chi connectivity index (χ0n) is 19.2. The van der Waals surface area contributed by atoms with Crippen molar-refractivity contribution in [2.24, 2.45) is 0 Å². The summed E-state index contributed by atoms with van der Waals surface area (Å²) in [5, 5.41) is 18.6. The van der Waals surface area contributed by atoms with E-state index >= 15 is 0 Å². The van der Waals surface area contributed by atoms with Gasteiger partial charge in [-0.15, -0.1) is 0 Å². The molecule has 0 aliphatic heterocycles. The van der Waals surface area contributed by atoms with E-state index in [9.17, 15) is 9.90 Å². The van der Waals surface area contributed by atoms with Gasteiger partial charge >= 0.3 is 5.97 Å². The Balaban J connectivity index is 1.77. The minimum atomic E-state index is -1.09. The van der Waals surface area contributed by atoms with Gasteiger partial charge in [-0.25, -0.2) is 9.48 Å². The smallest absolute Gasteiger partial charge is 0.337 e. The average Bonchev–Trinajstić information content (AvgIpc) is 3.20. The van der Waals surface area contributed by atoms with Crippen LogP contribution in [0.25, 0.3) is 27.8 Å². The Morgan fingerprint density at radius 2 is 1.83 bits per heavy atom. The topological polar surface area (TPSA) is 102 Å². The average molecular weight is 612 g/mol. The summed E-state index contributed by atoms with van der Waals surface area (Å²) in [6.45, 7) is 1.89. The van der Waals surface area contributed by atoms with Gasteiger partial charge in [-0.3, -0.25) is 9.97 Å². The summed E-state index contributed by atoms with van der Waals surface area (Å²) >= 11 is 8.65. The summed E-state index contributed by atoms with van der Waals surface area (Å²) in [5.74, 6) is -0.0710. The van der Waals surface area contributed by atoms with E-state index in [1.165, 1.54) is 13.2 Å². The molecular weight excluding hydrogens is 593 g/mol. The van der Waals surface area contributed by atoms with Crippen LogP contribution in [0.15, 0.2) is 67.0 Å². The minimum absolute atomic E-state index is 0.0682. The molecular formula is C26H19ClIN5O3. The molecule has 0 unspecified atom stereocenters. The molecule has 0 radical (unpaired) electrons. The second-order valence-electron chi connectivity index (χ2n) is 7.89. The number of carboxylic acids is 1. The number of aromatic carboxylic acids is 1. The monoisotopic (exact) mass is 611 g/mol. The van der Waals surface area contributed by atoms with Crippen molar-refractivity contribution < 1.29 is 14.6 Å². The molecule has 0 atom stereocenters. The molecule has 2 N–H and O–H groups in total. The third-order valence-electron chi connectivity index (χ3n) is 5.67. The molecule has 0 saturated heterocycles. The van der Waals surface area contributed by atoms with Gasteiger partial charge in [-0.1, -0.05) is 29.8 Å². The number of ether oxygens (including phenoxy) is 1. The lowest BCUT2D eigenvalue weighted by atomic mass is 10.0. The summed E-state index contributed by atoms with van der Waals surface area (Å²) in [6.07, 6.45) is 3.29. The maximum Gasteiger partial charge on any atom is 0.337 e. The number of fused-ring (bicyclic) bond motifs is 1. The summed E-state index contributed by atoms with van der Waals surface area (Å²) < 4.78 is 7.66. The van der Waals surface area contributed by atoms with Gasteiger partial charge in [0.2, 0.25) is 0 Å². The van der Waals surface area contributed by atoms with Crippen molar-refractivity contribution in [3.05, 3.63) is 86.8 Å². The fourth-order valence-corrected chi connectivity index (χ4v) is 4.97. The number of rotatable bonds is 6. The standard InChI is InChI=1S/C26H19ClIN5O3/c1-14-23(15-7-8-20-21(11-15)30-10-9-29-20)25(33(32-14)22-6-4-3-5-18(22)27)31-24-17(26(34)35)12-16(36-2)13-19(24)28/h3-13,31H,1-2H3,(H,34,35). The number of aryl methyl sites for hydroxylation is 1. The van der Waals surface area contributed by atoms with Crippen molar-refractivity contribution in [3.8, 4) is 22.6 Å². The van der Waals surface area contributed by atoms with Gasteiger partial charge in [0.25, 0.3) is 0 Å². The first-order valence-corrected chi connectivity index (χ1v) is 12.3. The first-order valence-electron chi connectivity index (χ1n) is 10.8. The van der Waals surface area contributed by atoms with Gasteiger partial charge < -0.3 is 15.2 Å². The van der Waals surface area contributed by atoms with E-state index in [-0.39, 0.29) is 5.56 Å². The van der Waals surface area contributed by atoms with Crippen molar-refractivity contribution in [1.82, 2.24) is 19.7 Å². The molecule has 0 amide bonds. The van der Waals surface area contributed by atoms with Crippen LogP contribution in [0.5, 0.6) is 5.75 Å². The molecule has 0 bridgehead atoms. The van der Waals surface area contributed by atoms with Crippen LogP contribution in [0, 0.1) is 10.5 Å². The Morgan fingerprint density at radius 3 is 2.56 bits per heavy atom. The van der Waals surface area contributed by atoms with Crippen LogP contribution in [-0.4, -0.2) is 37.9 Å². The number of hydrogen-bond acceptors (Lipinski definition) is 6. The van der Waals surface area contributed by atoms with Gasteiger partial charge in [0.05, 0.1) is 45.8 Å². The maximum atomic E-state index is 12.2. The maximum absolute atomic E-state index is 12.2. The lowest BCUT2D eigenvalue weighted by Gasteiger charge is -2.17. The predicted molar refractivity (Wildman–Crippen MR) is 148 cm³/mol. The molecule has 10 heteroatoms. The Bertz CT molecular complexity index is 1640. The molecule has 2 aromatic heterocycles. The Kier molecular flexibility index (Phi) is 6.50. The van der Waals surface area contributed by atoms with Crippen LogP contribution < -0.4 is 10.1 Å². The molecule has 8 nitrogen and oxygen atoms in total. The van der Waals surface area contributed by atoms with Crippen LogP contribution in [0.3, 0.4) is 0 Å². The van der Waals surface area contributed by atoms with E-state index in [2.05, 4.69) is 37.9 Å². The van der Waals surface area contributed by atoms with Gasteiger partial charge in [0.15, 0.2) is 0 Å². The lowest BCUT2D eigenvalue weighted by Crippen LogP contribution is -2.09. The summed E-state index contributed by atoms with van der Waals surface area (Å²) in [4.78, 5) is 21.0. The molecule has 0 fully saturated rings. The Hall–Kier alpha value is -3.70. The fourth-order valence-electron chi connectivity index (χ4n) is 4.02. The van der Waals surface area contributed by atoms with E-state index in [0.29, 0.717) is 31.5 Å². The fraction of sp³-hybridized carbons (Fsp3) is 0.0769. The Labute approximate surface area is 225 Å². The molecule has 0 aliphatic carbocycles. The van der Waals surface area contributed by atoms with Crippen molar-refractivity contribution in [2.45, 2.75) is 6.92 Å². The third kappa shape index (κ3) is 4.35. The highest BCUT2D eigenvalue weighted by atomic mass is 127. The second kappa shape index (κ2) is 9.75. The molecule has 180 valence electrons. The molecule has 3 aromatic carbocycles. The van der Waals surface area contributed by atoms with Crippen molar-refractivity contribution in [3.63, 3.8) is 0 Å². The van der Waals surface area contributed by atoms with E-state index in [1.807, 2.05) is 43.3 Å². The number of carbonyl (C=O) groups is 1. The number of nitrogens with one attached hydrogen (secondary N) is 1. The summed E-state index contributed by atoms with van der Waals surface area (Å²) in [5.41, 5.74) is 4.99. The van der Waals surface area contributed by atoms with Crippen LogP contribution >= 0.6 is 34.2 Å². The van der Waals surface area contributed by atoms with E-state index < -0.39 is 5.97 Å². The zero-order valence-corrected chi connectivity index (χ0v) is 22.1. The number of carboxylic acid groups (broad SMARTS) is 1. The minimum Gasteiger partial charge on any atom is -0.497 e. The lowest BCUT2D eigenvalue weighted by molar-refractivity contribution is 0.0697. The summed E-state index contributed by atoms with van der Waals surface area (Å²) in [7, 11) is 1.50. The summed E-state index contributed by atoms with van der Waals surface area (Å²) in [6, 6.07) is 16.4. The molecule has 2 heterocycles. The number of aromatic nitrogens is 4. The highest BCUT2D eigenvalue weighted by Crippen LogP contribution is 2.40. The van der Waals surface area contributed by atoms with Crippen molar-refractivity contribution in [1.29, 1.82) is 0 Å². The zero-order chi connectivity index (χ0) is 25.4. The number of methoxy groups -OCH3 is 1. The van der Waals surface area contributed by atoms with E-state index in [0.717, 1.165) is 27.9 Å². The predicted octanol–water partition coefficient (Wildman–Crippen LogP) is 6.50. The van der Waals surface area contributed by atoms with Gasteiger partial charge in [0.1, 0.15) is 11.6 Å². The second-order valence-corrected chi connectivity index (χ2v) is 9.46. The van der Waals surface area contributed by atoms with E-state index in [4.69, 9.17) is 21.4 Å². The largest absolute Gasteiger partial charge is 0.497 e. The van der Waals surface area contributed by atoms with E-state index in [1.54, 1.807) is 29.2 Å². The molecule has 5 aromatic rings. The van der Waals surface area contributed by atoms with Crippen LogP contribution in [0.2, 0.25) is 5.02 Å². The first kappa shape index (κ1) is 24.0. The number of hydrogen-bond donors (Lipinski definition) is 2. The van der Waals surface area contributed by atoms with Gasteiger partial charge in [0, 0.05) is 21.5 Å². The van der Waals surface area contributed by atoms with Gasteiger partial charge in [-0.2, -0.15) is 5.10 Å². The van der Waals surface area contributed by atoms with Crippen LogP contribution in [0.1, 0.15) is 16.1 Å². The molecule has 0 saturated carbocycles. The van der Waals surface area contributed by atoms with Gasteiger partial charge in [-0.05, 0) is 71.5 Å². The number of anilines is 2. The molecule has 36 heavy (non-hydrogen) atoms. The van der Waals surface area contributed by atoms with Crippen molar-refractivity contribution >= 4 is 62.7 Å². The first-order chi connectivity index (χ1) is 17.4. The highest BCUT2D eigenvalue weighted by molar-refractivity contribution is 14.1. The van der Waals surface area contributed by atoms with Crippen molar-refractivity contribution in [2.75, 3.05) is 12.4 Å². The molecule has 0 aliphatic rings. The Morgan fingerprint density at radius 1 is 1.08 bits per heavy atom. The molecule has 0 spiro atoms.